The highest BCUT2D eigenvalue weighted by Crippen LogP contribution is 2.27. The van der Waals surface area contributed by atoms with E-state index in [1.807, 2.05) is 0 Å². The Balaban J connectivity index is 1.94. The summed E-state index contributed by atoms with van der Waals surface area (Å²) >= 11 is 0. The van der Waals surface area contributed by atoms with Crippen LogP contribution in [0.4, 0.5) is 0 Å². The van der Waals surface area contributed by atoms with Crippen molar-refractivity contribution < 1.29 is 14.3 Å². The molecule has 0 radical (unpaired) electrons. The number of carbonyl (C=O) groups excluding carboxylic acids is 1. The summed E-state index contributed by atoms with van der Waals surface area (Å²) in [6.07, 6.45) is 3.57. The summed E-state index contributed by atoms with van der Waals surface area (Å²) in [6, 6.07) is 5.56. The van der Waals surface area contributed by atoms with Crippen LogP contribution < -0.4 is 20.1 Å². The quantitative estimate of drug-likeness (QED) is 0.858. The molecule has 1 amide bonds. The fourth-order valence-electron chi connectivity index (χ4n) is 2.39. The minimum absolute atomic E-state index is 0.0849. The van der Waals surface area contributed by atoms with Crippen molar-refractivity contribution in [1.82, 2.24) is 10.6 Å². The van der Waals surface area contributed by atoms with Gasteiger partial charge in [0, 0.05) is 18.2 Å². The van der Waals surface area contributed by atoms with Gasteiger partial charge in [-0.1, -0.05) is 6.42 Å². The molecule has 5 heteroatoms. The first-order chi connectivity index (χ1) is 9.74. The van der Waals surface area contributed by atoms with Gasteiger partial charge < -0.3 is 20.1 Å². The van der Waals surface area contributed by atoms with Crippen LogP contribution in [0.5, 0.6) is 11.5 Å². The first kappa shape index (κ1) is 14.7. The van der Waals surface area contributed by atoms with Crippen LogP contribution in [0, 0.1) is 0 Å². The molecule has 0 spiro atoms. The van der Waals surface area contributed by atoms with Gasteiger partial charge in [-0.25, -0.2) is 0 Å². The molecule has 1 aromatic carbocycles. The van der Waals surface area contributed by atoms with Gasteiger partial charge in [0.05, 0.1) is 14.2 Å². The van der Waals surface area contributed by atoms with E-state index in [0.29, 0.717) is 29.6 Å². The van der Waals surface area contributed by atoms with E-state index in [0.717, 1.165) is 13.0 Å². The Morgan fingerprint density at radius 2 is 2.10 bits per heavy atom. The summed E-state index contributed by atoms with van der Waals surface area (Å²) in [4.78, 5) is 12.1. The third kappa shape index (κ3) is 3.63. The Morgan fingerprint density at radius 3 is 2.75 bits per heavy atom. The molecule has 2 rings (SSSR count). The maximum absolute atomic E-state index is 12.1. The van der Waals surface area contributed by atoms with E-state index in [2.05, 4.69) is 10.6 Å². The minimum Gasteiger partial charge on any atom is -0.493 e. The zero-order valence-electron chi connectivity index (χ0n) is 12.1. The molecule has 1 saturated heterocycles. The lowest BCUT2D eigenvalue weighted by Gasteiger charge is -2.23. The van der Waals surface area contributed by atoms with Crippen molar-refractivity contribution in [3.63, 3.8) is 0 Å². The number of benzene rings is 1. The van der Waals surface area contributed by atoms with E-state index in [-0.39, 0.29) is 5.91 Å². The number of hydrogen-bond acceptors (Lipinski definition) is 4. The molecule has 110 valence electrons. The molecule has 1 fully saturated rings. The van der Waals surface area contributed by atoms with Gasteiger partial charge in [0.2, 0.25) is 0 Å². The van der Waals surface area contributed by atoms with Crippen molar-refractivity contribution in [1.29, 1.82) is 0 Å². The fraction of sp³-hybridized carbons (Fsp3) is 0.533. The lowest BCUT2D eigenvalue weighted by atomic mass is 10.0. The van der Waals surface area contributed by atoms with Gasteiger partial charge in [0.1, 0.15) is 0 Å². The van der Waals surface area contributed by atoms with Gasteiger partial charge in [-0.15, -0.1) is 0 Å². The Kier molecular flexibility index (Phi) is 5.24. The topological polar surface area (TPSA) is 59.6 Å². The zero-order valence-corrected chi connectivity index (χ0v) is 12.1. The first-order valence-electron chi connectivity index (χ1n) is 6.98. The van der Waals surface area contributed by atoms with Crippen LogP contribution in [0.2, 0.25) is 0 Å². The van der Waals surface area contributed by atoms with Crippen LogP contribution in [0.3, 0.4) is 0 Å². The summed E-state index contributed by atoms with van der Waals surface area (Å²) < 4.78 is 10.4. The number of rotatable bonds is 5. The first-order valence-corrected chi connectivity index (χ1v) is 6.98. The summed E-state index contributed by atoms with van der Waals surface area (Å²) in [5, 5.41) is 6.37. The van der Waals surface area contributed by atoms with Crippen molar-refractivity contribution >= 4 is 5.91 Å². The monoisotopic (exact) mass is 278 g/mol. The summed E-state index contributed by atoms with van der Waals surface area (Å²) in [6.45, 7) is 1.70. The average molecular weight is 278 g/mol. The molecule has 0 bridgehead atoms. The van der Waals surface area contributed by atoms with Crippen molar-refractivity contribution in [2.24, 2.45) is 0 Å². The number of piperidine rings is 1. The van der Waals surface area contributed by atoms with Gasteiger partial charge in [0.15, 0.2) is 11.5 Å². The molecule has 1 aromatic rings. The van der Waals surface area contributed by atoms with Crippen molar-refractivity contribution in [2.45, 2.75) is 25.3 Å². The Morgan fingerprint density at radius 1 is 1.30 bits per heavy atom. The van der Waals surface area contributed by atoms with Crippen LogP contribution >= 0.6 is 0 Å². The molecular formula is C15H22N2O3. The van der Waals surface area contributed by atoms with Gasteiger partial charge >= 0.3 is 0 Å². The van der Waals surface area contributed by atoms with Gasteiger partial charge in [-0.3, -0.25) is 4.79 Å². The molecule has 1 aliphatic heterocycles. The molecule has 5 nitrogen and oxygen atoms in total. The van der Waals surface area contributed by atoms with Crippen LogP contribution in [-0.4, -0.2) is 39.3 Å². The third-order valence-corrected chi connectivity index (χ3v) is 3.57. The largest absolute Gasteiger partial charge is 0.493 e. The highest BCUT2D eigenvalue weighted by molar-refractivity contribution is 5.94. The molecule has 2 N–H and O–H groups in total. The van der Waals surface area contributed by atoms with Gasteiger partial charge in [-0.2, -0.15) is 0 Å². The molecule has 0 aliphatic carbocycles. The highest BCUT2D eigenvalue weighted by atomic mass is 16.5. The van der Waals surface area contributed by atoms with Crippen LogP contribution in [0.15, 0.2) is 18.2 Å². The summed E-state index contributed by atoms with van der Waals surface area (Å²) in [5.74, 6) is 1.10. The number of ether oxygens (including phenoxy) is 2. The number of hydrogen-bond donors (Lipinski definition) is 2. The lowest BCUT2D eigenvalue weighted by molar-refractivity contribution is 0.0947. The molecule has 20 heavy (non-hydrogen) atoms. The van der Waals surface area contributed by atoms with Crippen LogP contribution in [-0.2, 0) is 0 Å². The molecule has 0 aromatic heterocycles. The van der Waals surface area contributed by atoms with Crippen molar-refractivity contribution in [3.8, 4) is 11.5 Å². The van der Waals surface area contributed by atoms with Crippen molar-refractivity contribution in [3.05, 3.63) is 23.8 Å². The van der Waals surface area contributed by atoms with E-state index >= 15 is 0 Å². The van der Waals surface area contributed by atoms with E-state index in [9.17, 15) is 4.79 Å². The van der Waals surface area contributed by atoms with E-state index < -0.39 is 0 Å². The number of methoxy groups -OCH3 is 2. The maximum atomic E-state index is 12.1. The predicted octanol–water partition coefficient (Wildman–Crippen LogP) is 1.58. The Hall–Kier alpha value is -1.75. The van der Waals surface area contributed by atoms with E-state index in [4.69, 9.17) is 9.47 Å². The van der Waals surface area contributed by atoms with Crippen LogP contribution in [0.1, 0.15) is 29.6 Å². The molecular weight excluding hydrogens is 256 g/mol. The van der Waals surface area contributed by atoms with Crippen LogP contribution in [0.25, 0.3) is 0 Å². The normalized spacial score (nSPS) is 18.4. The molecule has 1 atom stereocenters. The molecule has 1 heterocycles. The number of carbonyl (C=O) groups is 1. The average Bonchev–Trinajstić information content (AvgIpc) is 2.52. The molecule has 1 unspecified atom stereocenters. The molecule has 1 aliphatic rings. The predicted molar refractivity (Wildman–Crippen MR) is 77.5 cm³/mol. The Bertz CT molecular complexity index is 456. The van der Waals surface area contributed by atoms with Gasteiger partial charge in [0.25, 0.3) is 5.91 Å². The van der Waals surface area contributed by atoms with Crippen molar-refractivity contribution in [2.75, 3.05) is 27.3 Å². The SMILES string of the molecule is COc1ccc(C(=O)NCC2CCCCN2)cc1OC. The number of amides is 1. The third-order valence-electron chi connectivity index (χ3n) is 3.57. The second-order valence-corrected chi connectivity index (χ2v) is 4.93. The maximum Gasteiger partial charge on any atom is 0.251 e. The smallest absolute Gasteiger partial charge is 0.251 e. The highest BCUT2D eigenvalue weighted by Gasteiger charge is 2.15. The minimum atomic E-state index is -0.0849. The molecule has 0 saturated carbocycles. The number of nitrogens with one attached hydrogen (secondary N) is 2. The zero-order chi connectivity index (χ0) is 14.4. The summed E-state index contributed by atoms with van der Waals surface area (Å²) in [7, 11) is 3.14. The van der Waals surface area contributed by atoms with E-state index in [1.165, 1.54) is 12.8 Å². The standard InChI is InChI=1S/C15H22N2O3/c1-19-13-7-6-11(9-14(13)20-2)15(18)17-10-12-5-3-4-8-16-12/h6-7,9,12,16H,3-5,8,10H2,1-2H3,(H,17,18). The second kappa shape index (κ2) is 7.14. The van der Waals surface area contributed by atoms with Gasteiger partial charge in [-0.05, 0) is 37.6 Å². The fourth-order valence-corrected chi connectivity index (χ4v) is 2.39. The lowest BCUT2D eigenvalue weighted by Crippen LogP contribution is -2.43. The summed E-state index contributed by atoms with van der Waals surface area (Å²) in [5.41, 5.74) is 0.582. The van der Waals surface area contributed by atoms with E-state index in [1.54, 1.807) is 32.4 Å². The second-order valence-electron chi connectivity index (χ2n) is 4.93. The Labute approximate surface area is 119 Å².